The Bertz CT molecular complexity index is 653. The molecule has 1 heterocycles. The second-order valence-corrected chi connectivity index (χ2v) is 6.38. The second-order valence-electron chi connectivity index (χ2n) is 5.21. The van der Waals surface area contributed by atoms with Crippen LogP contribution in [-0.2, 0) is 0 Å². The van der Waals surface area contributed by atoms with Gasteiger partial charge in [-0.15, -0.1) is 0 Å². The molecule has 4 heteroatoms. The maximum atomic E-state index is 6.04. The van der Waals surface area contributed by atoms with Crippen molar-refractivity contribution in [1.82, 2.24) is 4.31 Å². The van der Waals surface area contributed by atoms with Crippen molar-refractivity contribution in [1.29, 1.82) is 0 Å². The van der Waals surface area contributed by atoms with Crippen molar-refractivity contribution in [3.05, 3.63) is 59.8 Å². The van der Waals surface area contributed by atoms with Crippen LogP contribution in [0, 0.1) is 0 Å². The summed E-state index contributed by atoms with van der Waals surface area (Å²) in [6.07, 6.45) is 9.04. The predicted molar refractivity (Wildman–Crippen MR) is 125 cm³/mol. The van der Waals surface area contributed by atoms with Crippen LogP contribution in [0.4, 0.5) is 0 Å². The molecule has 2 N–H and O–H groups in total. The molecule has 0 saturated heterocycles. The van der Waals surface area contributed by atoms with Crippen molar-refractivity contribution < 1.29 is 0 Å². The molecule has 0 amide bonds. The van der Waals surface area contributed by atoms with Crippen LogP contribution >= 0.6 is 11.9 Å². The zero-order valence-electron chi connectivity index (χ0n) is 18.1. The van der Waals surface area contributed by atoms with Gasteiger partial charge in [-0.2, -0.15) is 0 Å². The highest BCUT2D eigenvalue weighted by atomic mass is 32.2. The van der Waals surface area contributed by atoms with Gasteiger partial charge in [-0.25, -0.2) is 9.30 Å². The molecule has 27 heavy (non-hydrogen) atoms. The normalized spacial score (nSPS) is 14.4. The van der Waals surface area contributed by atoms with Gasteiger partial charge in [-0.1, -0.05) is 71.9 Å². The Balaban J connectivity index is 0.00000158. The van der Waals surface area contributed by atoms with Crippen LogP contribution in [0.5, 0.6) is 0 Å². The summed E-state index contributed by atoms with van der Waals surface area (Å²) in [6.45, 7) is 16.4. The summed E-state index contributed by atoms with van der Waals surface area (Å²) in [6, 6.07) is 8.58. The van der Waals surface area contributed by atoms with Gasteiger partial charge in [0.1, 0.15) is 5.84 Å². The summed E-state index contributed by atoms with van der Waals surface area (Å²) >= 11 is 1.79. The molecular formula is C23H37N3S. The summed E-state index contributed by atoms with van der Waals surface area (Å²) < 4.78 is 2.33. The van der Waals surface area contributed by atoms with Gasteiger partial charge in [0.05, 0.1) is 0 Å². The highest BCUT2D eigenvalue weighted by molar-refractivity contribution is 7.97. The number of hydrogen-bond acceptors (Lipinski definition) is 4. The minimum absolute atomic E-state index is 0.603. The zero-order valence-corrected chi connectivity index (χ0v) is 18.9. The van der Waals surface area contributed by atoms with Gasteiger partial charge in [-0.3, -0.25) is 0 Å². The van der Waals surface area contributed by atoms with Crippen molar-refractivity contribution in [2.75, 3.05) is 13.1 Å². The van der Waals surface area contributed by atoms with Crippen LogP contribution in [0.15, 0.2) is 64.2 Å². The molecule has 0 atom stereocenters. The third-order valence-corrected chi connectivity index (χ3v) is 4.92. The maximum absolute atomic E-state index is 6.04. The topological polar surface area (TPSA) is 41.6 Å². The Morgan fingerprint density at radius 1 is 1.11 bits per heavy atom. The van der Waals surface area contributed by atoms with Crippen molar-refractivity contribution in [2.45, 2.75) is 59.8 Å². The fraction of sp³-hybridized carbons (Fsp3) is 0.435. The number of aliphatic imine (C=N–C) groups is 1. The molecule has 0 aliphatic carbocycles. The molecule has 1 aliphatic rings. The lowest BCUT2D eigenvalue weighted by atomic mass is 9.98. The minimum atomic E-state index is 0.603. The number of hydrogen-bond donors (Lipinski definition) is 1. The van der Waals surface area contributed by atoms with E-state index in [2.05, 4.69) is 59.6 Å². The fourth-order valence-corrected chi connectivity index (χ4v) is 3.28. The quantitative estimate of drug-likeness (QED) is 0.418. The van der Waals surface area contributed by atoms with Crippen molar-refractivity contribution in [2.24, 2.45) is 10.7 Å². The monoisotopic (exact) mass is 387 g/mol. The van der Waals surface area contributed by atoms with E-state index in [0.717, 1.165) is 36.2 Å². The van der Waals surface area contributed by atoms with E-state index in [9.17, 15) is 0 Å². The molecule has 1 aromatic rings. The van der Waals surface area contributed by atoms with Crippen LogP contribution in [0.3, 0.4) is 0 Å². The predicted octanol–water partition coefficient (Wildman–Crippen LogP) is 6.69. The first kappa shape index (κ1) is 25.2. The highest BCUT2D eigenvalue weighted by Gasteiger charge is 2.17. The van der Waals surface area contributed by atoms with Gasteiger partial charge in [0.15, 0.2) is 0 Å². The van der Waals surface area contributed by atoms with Crippen molar-refractivity contribution in [3.8, 4) is 0 Å². The number of amidine groups is 1. The molecule has 2 rings (SSSR count). The summed E-state index contributed by atoms with van der Waals surface area (Å²) in [5.41, 5.74) is 9.35. The van der Waals surface area contributed by atoms with Crippen molar-refractivity contribution >= 4 is 23.4 Å². The van der Waals surface area contributed by atoms with Gasteiger partial charge in [0, 0.05) is 35.3 Å². The summed E-state index contributed by atoms with van der Waals surface area (Å²) in [5, 5.41) is 0. The first-order chi connectivity index (χ1) is 13.2. The molecule has 0 saturated carbocycles. The van der Waals surface area contributed by atoms with E-state index in [1.165, 1.54) is 4.90 Å². The van der Waals surface area contributed by atoms with Gasteiger partial charge in [0.2, 0.25) is 0 Å². The van der Waals surface area contributed by atoms with Gasteiger partial charge in [-0.05, 0) is 43.0 Å². The number of rotatable bonds is 7. The van der Waals surface area contributed by atoms with E-state index < -0.39 is 0 Å². The third kappa shape index (κ3) is 8.19. The Kier molecular flexibility index (Phi) is 14.3. The molecule has 0 aromatic heterocycles. The lowest BCUT2D eigenvalue weighted by Gasteiger charge is -2.17. The van der Waals surface area contributed by atoms with E-state index in [4.69, 9.17) is 5.73 Å². The zero-order chi connectivity index (χ0) is 20.7. The largest absolute Gasteiger partial charge is 0.383 e. The highest BCUT2D eigenvalue weighted by Crippen LogP contribution is 2.31. The first-order valence-corrected chi connectivity index (χ1v) is 10.9. The average Bonchev–Trinajstić information content (AvgIpc) is 3.10. The fourth-order valence-electron chi connectivity index (χ4n) is 2.40. The molecule has 0 fully saturated rings. The third-order valence-electron chi connectivity index (χ3n) is 3.68. The first-order valence-electron chi connectivity index (χ1n) is 10.1. The minimum Gasteiger partial charge on any atom is -0.383 e. The van der Waals surface area contributed by atoms with E-state index in [1.807, 2.05) is 46.9 Å². The molecular weight excluding hydrogens is 350 g/mol. The Hall–Kier alpha value is -1.78. The lowest BCUT2D eigenvalue weighted by molar-refractivity contribution is 0.525. The number of nitrogens with zero attached hydrogens (tertiary/aromatic N) is 2. The number of benzene rings is 1. The standard InChI is InChI=1S/C19H25N3S.2C2H6/c1-4-7-8-12-17-18(14-21-19(17)20)15-10-9-11-16(13-15)23-22(5-2)6-3;2*1-2/h4,7,9-14H,5-6,8H2,1-3H3,(H2,20,21);2*1-2H3/b7-4-,17-12+;;. The second kappa shape index (κ2) is 15.3. The number of allylic oxidation sites excluding steroid dienone is 3. The van der Waals surface area contributed by atoms with E-state index in [1.54, 1.807) is 11.9 Å². The lowest BCUT2D eigenvalue weighted by Crippen LogP contribution is -2.13. The van der Waals surface area contributed by atoms with E-state index >= 15 is 0 Å². The average molecular weight is 388 g/mol. The smallest absolute Gasteiger partial charge is 0.131 e. The summed E-state index contributed by atoms with van der Waals surface area (Å²) in [4.78, 5) is 5.54. The molecule has 0 bridgehead atoms. The SMILES string of the molecule is C/C=C\C/C=C1\C(c2cccc(SN(CC)CC)c2)=CN=C1N.CC.CC. The van der Waals surface area contributed by atoms with Crippen LogP contribution < -0.4 is 5.73 Å². The Morgan fingerprint density at radius 2 is 1.78 bits per heavy atom. The molecule has 1 aliphatic heterocycles. The van der Waals surface area contributed by atoms with Crippen LogP contribution in [0.2, 0.25) is 0 Å². The number of nitrogens with two attached hydrogens (primary N) is 1. The van der Waals surface area contributed by atoms with Gasteiger partial charge < -0.3 is 5.73 Å². The molecule has 0 unspecified atom stereocenters. The van der Waals surface area contributed by atoms with Crippen molar-refractivity contribution in [3.63, 3.8) is 0 Å². The maximum Gasteiger partial charge on any atom is 0.131 e. The Morgan fingerprint density at radius 3 is 2.37 bits per heavy atom. The van der Waals surface area contributed by atoms with Crippen LogP contribution in [0.25, 0.3) is 5.57 Å². The molecule has 0 radical (unpaired) electrons. The Labute approximate surface area is 171 Å². The molecule has 1 aromatic carbocycles. The molecule has 150 valence electrons. The molecule has 0 spiro atoms. The van der Waals surface area contributed by atoms with Crippen LogP contribution in [-0.4, -0.2) is 23.2 Å². The van der Waals surface area contributed by atoms with E-state index in [0.29, 0.717) is 5.84 Å². The van der Waals surface area contributed by atoms with Crippen LogP contribution in [0.1, 0.15) is 60.5 Å². The summed E-state index contributed by atoms with van der Waals surface area (Å²) in [7, 11) is 0. The van der Waals surface area contributed by atoms with Gasteiger partial charge >= 0.3 is 0 Å². The van der Waals surface area contributed by atoms with Gasteiger partial charge in [0.25, 0.3) is 0 Å². The summed E-state index contributed by atoms with van der Waals surface area (Å²) in [5.74, 6) is 0.603. The molecule has 3 nitrogen and oxygen atoms in total. The van der Waals surface area contributed by atoms with E-state index in [-0.39, 0.29) is 0 Å².